The first kappa shape index (κ1) is 18.3. The van der Waals surface area contributed by atoms with E-state index in [0.29, 0.717) is 6.04 Å². The molecular formula is C17H34N2O2. The Morgan fingerprint density at radius 2 is 1.71 bits per heavy atom. The molecular weight excluding hydrogens is 264 g/mol. The van der Waals surface area contributed by atoms with E-state index in [9.17, 15) is 4.79 Å². The molecule has 2 N–H and O–H groups in total. The Balaban J connectivity index is 2.19. The van der Waals surface area contributed by atoms with Gasteiger partial charge in [-0.1, -0.05) is 13.8 Å². The maximum Gasteiger partial charge on any atom is 0.407 e. The molecule has 1 aliphatic rings. The zero-order chi connectivity index (χ0) is 16.0. The van der Waals surface area contributed by atoms with Crippen molar-refractivity contribution in [3.05, 3.63) is 0 Å². The minimum absolute atomic E-state index is 0.0858. The molecule has 1 rings (SSSR count). The van der Waals surface area contributed by atoms with Gasteiger partial charge in [0.1, 0.15) is 5.60 Å². The molecule has 0 aromatic heterocycles. The summed E-state index contributed by atoms with van der Waals surface area (Å²) in [5.41, 5.74) is -0.438. The fourth-order valence-electron chi connectivity index (χ4n) is 2.89. The van der Waals surface area contributed by atoms with Crippen LogP contribution in [-0.2, 0) is 4.74 Å². The molecule has 4 nitrogen and oxygen atoms in total. The third kappa shape index (κ3) is 7.70. The second-order valence-electron chi connectivity index (χ2n) is 7.81. The lowest BCUT2D eigenvalue weighted by molar-refractivity contribution is 0.0507. The fourth-order valence-corrected chi connectivity index (χ4v) is 2.89. The zero-order valence-corrected chi connectivity index (χ0v) is 14.7. The van der Waals surface area contributed by atoms with Gasteiger partial charge in [0.15, 0.2) is 0 Å². The first-order valence-electron chi connectivity index (χ1n) is 8.40. The summed E-state index contributed by atoms with van der Waals surface area (Å²) in [6.07, 6.45) is 4.82. The fraction of sp³-hybridized carbons (Fsp3) is 0.941. The molecule has 0 heterocycles. The highest BCUT2D eigenvalue weighted by atomic mass is 16.6. The third-order valence-electron chi connectivity index (χ3n) is 4.19. The Bertz CT molecular complexity index is 315. The molecule has 1 atom stereocenters. The van der Waals surface area contributed by atoms with Crippen LogP contribution in [0.15, 0.2) is 0 Å². The minimum atomic E-state index is -0.438. The quantitative estimate of drug-likeness (QED) is 0.813. The third-order valence-corrected chi connectivity index (χ3v) is 4.19. The number of ether oxygens (including phenoxy) is 1. The smallest absolute Gasteiger partial charge is 0.407 e. The molecule has 1 aliphatic carbocycles. The van der Waals surface area contributed by atoms with Gasteiger partial charge in [0.25, 0.3) is 0 Å². The van der Waals surface area contributed by atoms with Gasteiger partial charge in [-0.05, 0) is 65.2 Å². The first-order valence-corrected chi connectivity index (χ1v) is 8.40. The predicted octanol–water partition coefficient (Wildman–Crippen LogP) is 3.70. The van der Waals surface area contributed by atoms with Crippen molar-refractivity contribution in [2.45, 2.75) is 84.9 Å². The standard InChI is InChI=1S/C17H34N2O2/c1-12(2)14-7-9-15(10-8-14)18-11-13(3)19-16(20)21-17(4,5)6/h12-15,18H,7-11H2,1-6H3,(H,19,20). The number of rotatable bonds is 5. The monoisotopic (exact) mass is 298 g/mol. The molecule has 4 heteroatoms. The van der Waals surface area contributed by atoms with Gasteiger partial charge in [0.05, 0.1) is 0 Å². The lowest BCUT2D eigenvalue weighted by Gasteiger charge is -2.32. The molecule has 0 aromatic rings. The predicted molar refractivity (Wildman–Crippen MR) is 87.4 cm³/mol. The summed E-state index contributed by atoms with van der Waals surface area (Å²) >= 11 is 0. The molecule has 0 aromatic carbocycles. The summed E-state index contributed by atoms with van der Waals surface area (Å²) < 4.78 is 5.26. The number of carbonyl (C=O) groups is 1. The van der Waals surface area contributed by atoms with Gasteiger partial charge < -0.3 is 15.4 Å². The Morgan fingerprint density at radius 1 is 1.14 bits per heavy atom. The number of alkyl carbamates (subject to hydrolysis) is 1. The summed E-state index contributed by atoms with van der Waals surface area (Å²) in [6, 6.07) is 0.686. The van der Waals surface area contributed by atoms with Crippen LogP contribution in [0.4, 0.5) is 4.79 Å². The van der Waals surface area contributed by atoms with Crippen molar-refractivity contribution >= 4 is 6.09 Å². The van der Waals surface area contributed by atoms with Crippen LogP contribution in [0.5, 0.6) is 0 Å². The summed E-state index contributed by atoms with van der Waals surface area (Å²) in [6.45, 7) is 13.1. The largest absolute Gasteiger partial charge is 0.444 e. The molecule has 1 unspecified atom stereocenters. The highest BCUT2D eigenvalue weighted by Crippen LogP contribution is 2.29. The van der Waals surface area contributed by atoms with E-state index in [1.54, 1.807) is 0 Å². The van der Waals surface area contributed by atoms with E-state index in [2.05, 4.69) is 24.5 Å². The maximum atomic E-state index is 11.7. The highest BCUT2D eigenvalue weighted by Gasteiger charge is 2.23. The summed E-state index contributed by atoms with van der Waals surface area (Å²) in [5, 5.41) is 6.46. The zero-order valence-electron chi connectivity index (χ0n) is 14.7. The van der Waals surface area contributed by atoms with Crippen molar-refractivity contribution < 1.29 is 9.53 Å². The second-order valence-corrected chi connectivity index (χ2v) is 7.81. The van der Waals surface area contributed by atoms with Crippen LogP contribution < -0.4 is 10.6 Å². The SMILES string of the molecule is CC(CNC1CCC(C(C)C)CC1)NC(=O)OC(C)(C)C. The van der Waals surface area contributed by atoms with Gasteiger partial charge in [-0.25, -0.2) is 4.79 Å². The average Bonchev–Trinajstić information content (AvgIpc) is 2.34. The van der Waals surface area contributed by atoms with Gasteiger partial charge in [-0.3, -0.25) is 0 Å². The van der Waals surface area contributed by atoms with Crippen LogP contribution in [0.2, 0.25) is 0 Å². The van der Waals surface area contributed by atoms with Crippen LogP contribution in [-0.4, -0.2) is 30.3 Å². The van der Waals surface area contributed by atoms with E-state index >= 15 is 0 Å². The average molecular weight is 298 g/mol. The number of hydrogen-bond donors (Lipinski definition) is 2. The number of amides is 1. The van der Waals surface area contributed by atoms with E-state index in [4.69, 9.17) is 4.74 Å². The van der Waals surface area contributed by atoms with E-state index in [1.165, 1.54) is 25.7 Å². The lowest BCUT2D eigenvalue weighted by Crippen LogP contribution is -2.45. The van der Waals surface area contributed by atoms with Crippen LogP contribution in [0.1, 0.15) is 67.2 Å². The van der Waals surface area contributed by atoms with Crippen LogP contribution in [0, 0.1) is 11.8 Å². The molecule has 0 radical (unpaired) electrons. The molecule has 0 bridgehead atoms. The first-order chi connectivity index (χ1) is 9.67. The van der Waals surface area contributed by atoms with Crippen molar-refractivity contribution in [2.24, 2.45) is 11.8 Å². The molecule has 0 aliphatic heterocycles. The Morgan fingerprint density at radius 3 is 2.19 bits per heavy atom. The van der Waals surface area contributed by atoms with E-state index in [0.717, 1.165) is 18.4 Å². The second kappa shape index (κ2) is 8.02. The molecule has 1 saturated carbocycles. The lowest BCUT2D eigenvalue weighted by atomic mass is 9.80. The normalized spacial score (nSPS) is 24.7. The van der Waals surface area contributed by atoms with E-state index < -0.39 is 5.60 Å². The highest BCUT2D eigenvalue weighted by molar-refractivity contribution is 5.68. The van der Waals surface area contributed by atoms with Gasteiger partial charge in [-0.15, -0.1) is 0 Å². The van der Waals surface area contributed by atoms with E-state index in [-0.39, 0.29) is 12.1 Å². The Hall–Kier alpha value is -0.770. The van der Waals surface area contributed by atoms with Gasteiger partial charge >= 0.3 is 6.09 Å². The topological polar surface area (TPSA) is 50.4 Å². The van der Waals surface area contributed by atoms with Crippen LogP contribution >= 0.6 is 0 Å². The van der Waals surface area contributed by atoms with Crippen molar-refractivity contribution in [1.29, 1.82) is 0 Å². The number of carbonyl (C=O) groups excluding carboxylic acids is 1. The molecule has 1 fully saturated rings. The van der Waals surface area contributed by atoms with E-state index in [1.807, 2.05) is 27.7 Å². The van der Waals surface area contributed by atoms with Crippen molar-refractivity contribution in [2.75, 3.05) is 6.54 Å². The van der Waals surface area contributed by atoms with Crippen LogP contribution in [0.3, 0.4) is 0 Å². The molecule has 21 heavy (non-hydrogen) atoms. The summed E-state index contributed by atoms with van der Waals surface area (Å²) in [4.78, 5) is 11.7. The minimum Gasteiger partial charge on any atom is -0.444 e. The van der Waals surface area contributed by atoms with Crippen molar-refractivity contribution in [3.63, 3.8) is 0 Å². The van der Waals surface area contributed by atoms with Crippen LogP contribution in [0.25, 0.3) is 0 Å². The summed E-state index contributed by atoms with van der Waals surface area (Å²) in [5.74, 6) is 1.69. The molecule has 0 spiro atoms. The van der Waals surface area contributed by atoms with Gasteiger partial charge in [0, 0.05) is 18.6 Å². The summed E-state index contributed by atoms with van der Waals surface area (Å²) in [7, 11) is 0. The number of hydrogen-bond acceptors (Lipinski definition) is 3. The van der Waals surface area contributed by atoms with Crippen molar-refractivity contribution in [1.82, 2.24) is 10.6 Å². The molecule has 124 valence electrons. The van der Waals surface area contributed by atoms with Gasteiger partial charge in [0.2, 0.25) is 0 Å². The molecule has 0 saturated heterocycles. The Kier molecular flexibility index (Phi) is 6.98. The Labute approximate surface area is 130 Å². The number of nitrogens with one attached hydrogen (secondary N) is 2. The van der Waals surface area contributed by atoms with Gasteiger partial charge in [-0.2, -0.15) is 0 Å². The maximum absolute atomic E-state index is 11.7. The molecule has 1 amide bonds. The van der Waals surface area contributed by atoms with Crippen molar-refractivity contribution in [3.8, 4) is 0 Å².